The lowest BCUT2D eigenvalue weighted by atomic mass is 10.0. The van der Waals surface area contributed by atoms with Gasteiger partial charge in [-0.05, 0) is 17.7 Å². The molecule has 0 fully saturated rings. The zero-order chi connectivity index (χ0) is 13.8. The zero-order valence-corrected chi connectivity index (χ0v) is 10.7. The van der Waals surface area contributed by atoms with E-state index in [0.29, 0.717) is 17.1 Å². The van der Waals surface area contributed by atoms with Crippen molar-refractivity contribution in [1.29, 1.82) is 0 Å². The maximum atomic E-state index is 11.4. The van der Waals surface area contributed by atoms with Crippen molar-refractivity contribution in [3.8, 4) is 16.9 Å². The second-order valence-electron chi connectivity index (χ2n) is 3.88. The fourth-order valence-corrected chi connectivity index (χ4v) is 1.74. The molecule has 2 aromatic rings. The van der Waals surface area contributed by atoms with Crippen LogP contribution in [0.5, 0.6) is 5.75 Å². The number of pyridine rings is 1. The van der Waals surface area contributed by atoms with Crippen molar-refractivity contribution < 1.29 is 14.3 Å². The van der Waals surface area contributed by atoms with Crippen LogP contribution in [0.15, 0.2) is 36.5 Å². The Morgan fingerprint density at radius 2 is 1.89 bits per heavy atom. The highest BCUT2D eigenvalue weighted by Crippen LogP contribution is 2.30. The summed E-state index contributed by atoms with van der Waals surface area (Å²) in [6.45, 7) is 0. The van der Waals surface area contributed by atoms with Gasteiger partial charge >= 0.3 is 5.97 Å². The molecular formula is C14H14N2O3. The molecule has 0 radical (unpaired) electrons. The molecule has 19 heavy (non-hydrogen) atoms. The number of nitrogens with zero attached hydrogens (tertiary/aromatic N) is 1. The second-order valence-corrected chi connectivity index (χ2v) is 3.88. The van der Waals surface area contributed by atoms with Crippen LogP contribution in [-0.2, 0) is 4.74 Å². The number of methoxy groups -OCH3 is 2. The minimum Gasteiger partial charge on any atom is -0.496 e. The van der Waals surface area contributed by atoms with E-state index >= 15 is 0 Å². The number of nitrogens with two attached hydrogens (primary N) is 1. The van der Waals surface area contributed by atoms with E-state index in [4.69, 9.17) is 10.5 Å². The Hall–Kier alpha value is -2.56. The molecule has 0 amide bonds. The molecule has 0 unspecified atom stereocenters. The summed E-state index contributed by atoms with van der Waals surface area (Å²) in [6.07, 6.45) is 1.64. The molecule has 98 valence electrons. The highest BCUT2D eigenvalue weighted by Gasteiger charge is 2.09. The minimum absolute atomic E-state index is 0.367. The van der Waals surface area contributed by atoms with Crippen LogP contribution in [0.4, 0.5) is 5.82 Å². The van der Waals surface area contributed by atoms with Gasteiger partial charge in [0, 0.05) is 17.8 Å². The number of aromatic nitrogens is 1. The molecule has 5 nitrogen and oxygen atoms in total. The van der Waals surface area contributed by atoms with Gasteiger partial charge in [0.25, 0.3) is 0 Å². The van der Waals surface area contributed by atoms with E-state index in [0.717, 1.165) is 11.1 Å². The number of hydrogen-bond donors (Lipinski definition) is 1. The van der Waals surface area contributed by atoms with Crippen LogP contribution in [0.25, 0.3) is 11.1 Å². The average molecular weight is 258 g/mol. The van der Waals surface area contributed by atoms with E-state index in [1.807, 2.05) is 12.1 Å². The Morgan fingerprint density at radius 3 is 2.47 bits per heavy atom. The third kappa shape index (κ3) is 2.65. The summed E-state index contributed by atoms with van der Waals surface area (Å²) in [6, 6.07) is 8.65. The largest absolute Gasteiger partial charge is 0.496 e. The maximum absolute atomic E-state index is 11.4. The molecular weight excluding hydrogens is 244 g/mol. The Morgan fingerprint density at radius 1 is 1.21 bits per heavy atom. The lowest BCUT2D eigenvalue weighted by Gasteiger charge is -2.09. The van der Waals surface area contributed by atoms with E-state index in [1.54, 1.807) is 31.5 Å². The fraction of sp³-hybridized carbons (Fsp3) is 0.143. The molecule has 0 spiro atoms. The van der Waals surface area contributed by atoms with Crippen LogP contribution in [0.3, 0.4) is 0 Å². The highest BCUT2D eigenvalue weighted by atomic mass is 16.5. The maximum Gasteiger partial charge on any atom is 0.337 e. The van der Waals surface area contributed by atoms with Gasteiger partial charge in [-0.2, -0.15) is 0 Å². The number of anilines is 1. The van der Waals surface area contributed by atoms with Gasteiger partial charge in [0.1, 0.15) is 11.6 Å². The first kappa shape index (κ1) is 12.9. The quantitative estimate of drug-likeness (QED) is 0.853. The Bertz CT molecular complexity index is 594. The topological polar surface area (TPSA) is 74.4 Å². The van der Waals surface area contributed by atoms with Gasteiger partial charge in [0.2, 0.25) is 0 Å². The fourth-order valence-electron chi connectivity index (χ4n) is 1.74. The summed E-state index contributed by atoms with van der Waals surface area (Å²) in [5.41, 5.74) is 7.80. The molecule has 0 aliphatic rings. The molecule has 2 rings (SSSR count). The van der Waals surface area contributed by atoms with Crippen LogP contribution in [-0.4, -0.2) is 25.2 Å². The highest BCUT2D eigenvalue weighted by molar-refractivity contribution is 5.90. The Labute approximate surface area is 111 Å². The van der Waals surface area contributed by atoms with Crippen LogP contribution in [0.2, 0.25) is 0 Å². The van der Waals surface area contributed by atoms with Crippen molar-refractivity contribution >= 4 is 11.8 Å². The zero-order valence-electron chi connectivity index (χ0n) is 10.7. The SMILES string of the molecule is COC(=O)c1ccc(-c2cnc(N)cc2OC)cc1. The van der Waals surface area contributed by atoms with Crippen LogP contribution in [0.1, 0.15) is 10.4 Å². The van der Waals surface area contributed by atoms with Gasteiger partial charge in [-0.3, -0.25) is 0 Å². The molecule has 0 saturated carbocycles. The van der Waals surface area contributed by atoms with E-state index in [-0.39, 0.29) is 5.97 Å². The molecule has 0 saturated heterocycles. The number of carbonyl (C=O) groups is 1. The minimum atomic E-state index is -0.367. The van der Waals surface area contributed by atoms with E-state index in [2.05, 4.69) is 9.72 Å². The van der Waals surface area contributed by atoms with Crippen LogP contribution >= 0.6 is 0 Å². The van der Waals surface area contributed by atoms with Crippen molar-refractivity contribution in [3.63, 3.8) is 0 Å². The number of benzene rings is 1. The average Bonchev–Trinajstić information content (AvgIpc) is 2.46. The number of rotatable bonds is 3. The predicted octanol–water partition coefficient (Wildman–Crippen LogP) is 2.13. The summed E-state index contributed by atoms with van der Waals surface area (Å²) >= 11 is 0. The molecule has 1 heterocycles. The first-order valence-corrected chi connectivity index (χ1v) is 5.64. The summed E-state index contributed by atoms with van der Waals surface area (Å²) in [4.78, 5) is 15.4. The third-order valence-corrected chi connectivity index (χ3v) is 2.72. The first-order chi connectivity index (χ1) is 9.15. The van der Waals surface area contributed by atoms with Gasteiger partial charge in [0.05, 0.1) is 19.8 Å². The summed E-state index contributed by atoms with van der Waals surface area (Å²) < 4.78 is 9.92. The van der Waals surface area contributed by atoms with Crippen LogP contribution in [0, 0.1) is 0 Å². The Balaban J connectivity index is 2.40. The molecule has 2 N–H and O–H groups in total. The lowest BCUT2D eigenvalue weighted by molar-refractivity contribution is 0.0601. The third-order valence-electron chi connectivity index (χ3n) is 2.72. The van der Waals surface area contributed by atoms with E-state index in [1.165, 1.54) is 7.11 Å². The summed E-state index contributed by atoms with van der Waals surface area (Å²) in [5, 5.41) is 0. The van der Waals surface area contributed by atoms with Gasteiger partial charge in [0.15, 0.2) is 0 Å². The molecule has 1 aromatic carbocycles. The smallest absolute Gasteiger partial charge is 0.337 e. The van der Waals surface area contributed by atoms with E-state index in [9.17, 15) is 4.79 Å². The number of esters is 1. The van der Waals surface area contributed by atoms with Crippen molar-refractivity contribution in [1.82, 2.24) is 4.98 Å². The predicted molar refractivity (Wildman–Crippen MR) is 72.0 cm³/mol. The normalized spacial score (nSPS) is 10.0. The number of hydrogen-bond acceptors (Lipinski definition) is 5. The van der Waals surface area contributed by atoms with Crippen molar-refractivity contribution in [2.45, 2.75) is 0 Å². The standard InChI is InChI=1S/C14H14N2O3/c1-18-12-7-13(15)16-8-11(12)9-3-5-10(6-4-9)14(17)19-2/h3-8H,1-2H3,(H2,15,16). The lowest BCUT2D eigenvalue weighted by Crippen LogP contribution is -2.00. The number of nitrogen functional groups attached to an aromatic ring is 1. The molecule has 0 bridgehead atoms. The molecule has 1 aromatic heterocycles. The molecule has 0 aliphatic heterocycles. The Kier molecular flexibility index (Phi) is 3.66. The van der Waals surface area contributed by atoms with Gasteiger partial charge in [-0.1, -0.05) is 12.1 Å². The van der Waals surface area contributed by atoms with Gasteiger partial charge in [-0.25, -0.2) is 9.78 Å². The van der Waals surface area contributed by atoms with Gasteiger partial charge < -0.3 is 15.2 Å². The van der Waals surface area contributed by atoms with Gasteiger partial charge in [-0.15, -0.1) is 0 Å². The summed E-state index contributed by atoms with van der Waals surface area (Å²) in [7, 11) is 2.92. The first-order valence-electron chi connectivity index (χ1n) is 5.64. The van der Waals surface area contributed by atoms with Crippen molar-refractivity contribution in [2.75, 3.05) is 20.0 Å². The van der Waals surface area contributed by atoms with E-state index < -0.39 is 0 Å². The number of ether oxygens (including phenoxy) is 2. The molecule has 5 heteroatoms. The second kappa shape index (κ2) is 5.39. The van der Waals surface area contributed by atoms with Crippen molar-refractivity contribution in [3.05, 3.63) is 42.1 Å². The van der Waals surface area contributed by atoms with Crippen LogP contribution < -0.4 is 10.5 Å². The summed E-state index contributed by atoms with van der Waals surface area (Å²) in [5.74, 6) is 0.666. The molecule has 0 aliphatic carbocycles. The van der Waals surface area contributed by atoms with Crippen molar-refractivity contribution in [2.24, 2.45) is 0 Å². The number of carbonyl (C=O) groups excluding carboxylic acids is 1. The monoisotopic (exact) mass is 258 g/mol. The molecule has 0 atom stereocenters.